The number of hydrogen-bond acceptors (Lipinski definition) is 3. The van der Waals surface area contributed by atoms with E-state index in [0.717, 1.165) is 31.4 Å². The first-order chi connectivity index (χ1) is 29.7. The largest absolute Gasteiger partial charge is 0.426 e. The molecule has 2 rings (SSSR count). The molecule has 0 fully saturated rings. The molecular weight excluding hydrogens is 807 g/mol. The molecule has 2 aromatic carbocycles. The van der Waals surface area contributed by atoms with Crippen molar-refractivity contribution in [2.24, 2.45) is 0 Å². The predicted molar refractivity (Wildman–Crippen MR) is 286 cm³/mol. The lowest BCUT2D eigenvalue weighted by Gasteiger charge is -2.36. The van der Waals surface area contributed by atoms with Gasteiger partial charge < -0.3 is 13.6 Å². The molecule has 0 bridgehead atoms. The number of hydrogen-bond donors (Lipinski definition) is 0. The summed E-state index contributed by atoms with van der Waals surface area (Å²) in [7, 11) is 1.53. The Hall–Kier alpha value is -0.980. The number of rotatable bonds is 32. The molecule has 63 heavy (non-hydrogen) atoms. The maximum Gasteiger partial charge on any atom is 0.397 e. The number of unbranched alkanes of at least 4 members (excludes halogenated alkanes) is 20. The van der Waals surface area contributed by atoms with Crippen LogP contribution in [0.2, 0.25) is 0 Å². The smallest absolute Gasteiger partial charge is 0.397 e. The summed E-state index contributed by atoms with van der Waals surface area (Å²) in [6.45, 7) is 36.7. The molecule has 0 radical (unpaired) electrons. The third-order valence-electron chi connectivity index (χ3n) is 13.0. The second kappa shape index (κ2) is 29.7. The first kappa shape index (κ1) is 58.1. The molecular formula is C58H104O3P2. The van der Waals surface area contributed by atoms with Gasteiger partial charge in [0.1, 0.15) is 5.75 Å². The van der Waals surface area contributed by atoms with Gasteiger partial charge in [-0.2, -0.15) is 0 Å². The zero-order valence-corrected chi connectivity index (χ0v) is 46.6. The minimum Gasteiger partial charge on any atom is -0.426 e. The minimum atomic E-state index is -1.54. The maximum atomic E-state index is 7.08. The van der Waals surface area contributed by atoms with E-state index in [1.807, 2.05) is 0 Å². The van der Waals surface area contributed by atoms with Crippen molar-refractivity contribution in [1.29, 1.82) is 0 Å². The van der Waals surface area contributed by atoms with Gasteiger partial charge in [0.15, 0.2) is 0 Å². The van der Waals surface area contributed by atoms with Crippen LogP contribution in [0.5, 0.6) is 5.75 Å². The van der Waals surface area contributed by atoms with Crippen molar-refractivity contribution in [1.82, 2.24) is 0 Å². The molecule has 0 saturated carbocycles. The van der Waals surface area contributed by atoms with Crippen molar-refractivity contribution >= 4 is 23.1 Å². The van der Waals surface area contributed by atoms with Crippen LogP contribution in [0.15, 0.2) is 24.3 Å². The van der Waals surface area contributed by atoms with Crippen molar-refractivity contribution in [3.63, 3.8) is 0 Å². The summed E-state index contributed by atoms with van der Waals surface area (Å²) in [6, 6.07) is 9.99. The summed E-state index contributed by atoms with van der Waals surface area (Å²) in [6.07, 6.45) is 31.3. The highest BCUT2D eigenvalue weighted by Crippen LogP contribution is 2.50. The Balaban J connectivity index is 2.43. The lowest BCUT2D eigenvalue weighted by Crippen LogP contribution is -2.26. The first-order valence-electron chi connectivity index (χ1n) is 26.5. The fraction of sp³-hybridized carbons (Fsp3) is 0.793. The Morgan fingerprint density at radius 2 is 0.746 bits per heavy atom. The molecule has 3 nitrogen and oxygen atoms in total. The van der Waals surface area contributed by atoms with Gasteiger partial charge in [0.25, 0.3) is 0 Å². The molecule has 0 aromatic heterocycles. The van der Waals surface area contributed by atoms with Gasteiger partial charge in [0, 0.05) is 11.5 Å². The Morgan fingerprint density at radius 1 is 0.413 bits per heavy atom. The molecule has 0 saturated heterocycles. The summed E-state index contributed by atoms with van der Waals surface area (Å²) in [5.41, 5.74) is 8.20. The summed E-state index contributed by atoms with van der Waals surface area (Å²) in [5, 5.41) is 1.32. The fourth-order valence-corrected chi connectivity index (χ4v) is 10.9. The molecule has 2 unspecified atom stereocenters. The molecule has 0 heterocycles. The summed E-state index contributed by atoms with van der Waals surface area (Å²) in [5.74, 6) is 1.19. The molecule has 364 valence electrons. The Kier molecular flexibility index (Phi) is 27.4. The molecule has 0 N–H and O–H groups in total. The summed E-state index contributed by atoms with van der Waals surface area (Å²) >= 11 is 0. The molecule has 5 heteroatoms. The van der Waals surface area contributed by atoms with Crippen LogP contribution < -0.4 is 9.83 Å². The van der Waals surface area contributed by atoms with Crippen LogP contribution in [-0.2, 0) is 30.7 Å². The van der Waals surface area contributed by atoms with Gasteiger partial charge in [-0.05, 0) is 80.1 Å². The molecule has 0 aliphatic rings. The van der Waals surface area contributed by atoms with Crippen LogP contribution in [-0.4, -0.2) is 13.2 Å². The lowest BCUT2D eigenvalue weighted by atomic mass is 9.70. The van der Waals surface area contributed by atoms with E-state index >= 15 is 0 Å². The quantitative estimate of drug-likeness (QED) is 0.0541. The normalized spacial score (nSPS) is 13.3. The van der Waals surface area contributed by atoms with E-state index in [1.54, 1.807) is 0 Å². The zero-order chi connectivity index (χ0) is 47.1. The third-order valence-corrected chi connectivity index (χ3v) is 14.6. The fourth-order valence-electron chi connectivity index (χ4n) is 9.16. The van der Waals surface area contributed by atoms with Crippen LogP contribution >= 0.6 is 17.8 Å². The molecule has 2 aromatic rings. The molecule has 0 spiro atoms. The van der Waals surface area contributed by atoms with E-state index < -0.39 is 8.60 Å². The molecule has 0 aliphatic heterocycles. The minimum absolute atomic E-state index is 0.00709. The van der Waals surface area contributed by atoms with E-state index in [2.05, 4.69) is 137 Å². The van der Waals surface area contributed by atoms with Crippen LogP contribution in [0.3, 0.4) is 0 Å². The standard InChI is InChI=1S/C58H104O3P2/c1-16-19-21-23-25-27-29-31-33-35-37-40-59-63(60-41-38-36-34-32-30-28-26-24-22-20-17-2)61-53-44-49(55(4,5)6)47(42-51(53)57(10,11)12)46(39-18-3)48-43-52(58(13,14)15)54(62)45-50(48)56(7,8)9/h42-46H,16-41,62H2,1-15H3. The third kappa shape index (κ3) is 22.1. The average Bonchev–Trinajstić information content (AvgIpc) is 3.19. The van der Waals surface area contributed by atoms with Crippen LogP contribution in [0, 0.1) is 0 Å². The van der Waals surface area contributed by atoms with E-state index in [9.17, 15) is 0 Å². The van der Waals surface area contributed by atoms with Gasteiger partial charge in [-0.3, -0.25) is 0 Å². The highest BCUT2D eigenvalue weighted by atomic mass is 31.2. The Labute approximate surface area is 397 Å². The summed E-state index contributed by atoms with van der Waals surface area (Å²) in [4.78, 5) is 0. The highest BCUT2D eigenvalue weighted by molar-refractivity contribution is 7.42. The predicted octanol–water partition coefficient (Wildman–Crippen LogP) is 19.6. The van der Waals surface area contributed by atoms with Crippen molar-refractivity contribution in [2.75, 3.05) is 13.2 Å². The second-order valence-corrected chi connectivity index (χ2v) is 25.1. The molecule has 0 amide bonds. The molecule has 0 aliphatic carbocycles. The summed E-state index contributed by atoms with van der Waals surface area (Å²) < 4.78 is 20.4. The Bertz CT molecular complexity index is 1490. The second-order valence-electron chi connectivity index (χ2n) is 23.4. The number of benzene rings is 2. The van der Waals surface area contributed by atoms with E-state index in [-0.39, 0.29) is 27.6 Å². The zero-order valence-electron chi connectivity index (χ0n) is 44.5. The topological polar surface area (TPSA) is 27.7 Å². The van der Waals surface area contributed by atoms with E-state index in [1.165, 1.54) is 167 Å². The molecule has 2 atom stereocenters. The van der Waals surface area contributed by atoms with Gasteiger partial charge >= 0.3 is 8.60 Å². The van der Waals surface area contributed by atoms with Crippen LogP contribution in [0.4, 0.5) is 0 Å². The Morgan fingerprint density at radius 3 is 1.10 bits per heavy atom. The van der Waals surface area contributed by atoms with Crippen LogP contribution in [0.1, 0.15) is 297 Å². The van der Waals surface area contributed by atoms with Crippen LogP contribution in [0.25, 0.3) is 0 Å². The van der Waals surface area contributed by atoms with E-state index in [0.29, 0.717) is 13.2 Å². The highest BCUT2D eigenvalue weighted by Gasteiger charge is 2.34. The van der Waals surface area contributed by atoms with Crippen molar-refractivity contribution in [3.8, 4) is 5.75 Å². The maximum absolute atomic E-state index is 7.08. The van der Waals surface area contributed by atoms with Gasteiger partial charge in [0.2, 0.25) is 0 Å². The monoisotopic (exact) mass is 911 g/mol. The van der Waals surface area contributed by atoms with Gasteiger partial charge in [-0.25, -0.2) is 0 Å². The first-order valence-corrected chi connectivity index (χ1v) is 28.2. The van der Waals surface area contributed by atoms with Crippen molar-refractivity contribution in [3.05, 3.63) is 57.6 Å². The van der Waals surface area contributed by atoms with Gasteiger partial charge in [-0.15, -0.1) is 9.24 Å². The van der Waals surface area contributed by atoms with Crippen molar-refractivity contribution in [2.45, 2.75) is 286 Å². The van der Waals surface area contributed by atoms with Crippen molar-refractivity contribution < 1.29 is 13.6 Å². The van der Waals surface area contributed by atoms with Gasteiger partial charge in [-0.1, -0.05) is 257 Å². The van der Waals surface area contributed by atoms with E-state index in [4.69, 9.17) is 13.6 Å². The SMILES string of the molecule is CCCCCCCCCCCCCOP(OCCCCCCCCCCCCC)Oc1cc(C(C)(C)C)c(C(CCC)c2cc(C(C)(C)C)c(P)cc2C(C)(C)C)cc1C(C)(C)C. The average molecular weight is 911 g/mol. The van der Waals surface area contributed by atoms with Gasteiger partial charge in [0.05, 0.1) is 13.2 Å². The lowest BCUT2D eigenvalue weighted by molar-refractivity contribution is 0.197.